The molecule has 2 aromatic rings. The van der Waals surface area contributed by atoms with Crippen LogP contribution in [-0.2, 0) is 47.6 Å². The molecule has 0 aliphatic carbocycles. The molecule has 3 saturated heterocycles. The van der Waals surface area contributed by atoms with E-state index in [2.05, 4.69) is 20.4 Å². The number of nitrogens with zero attached hydrogens (tertiary/aromatic N) is 6. The highest BCUT2D eigenvalue weighted by molar-refractivity contribution is 7.99. The van der Waals surface area contributed by atoms with Crippen LogP contribution in [0.4, 0.5) is 0 Å². The summed E-state index contributed by atoms with van der Waals surface area (Å²) in [5, 5.41) is 68.5. The van der Waals surface area contributed by atoms with Crippen LogP contribution in [0, 0.1) is 17.8 Å². The summed E-state index contributed by atoms with van der Waals surface area (Å²) in [5.41, 5.74) is -5.76. The number of carbonyl (C=O) groups is 3. The molecule has 24 nitrogen and oxygen atoms in total. The zero-order chi connectivity index (χ0) is 59.9. The molecule has 4 aliphatic rings. The van der Waals surface area contributed by atoms with E-state index in [1.165, 1.54) is 36.7 Å². The van der Waals surface area contributed by atoms with Gasteiger partial charge in [-0.2, -0.15) is 0 Å². The van der Waals surface area contributed by atoms with E-state index in [0.717, 1.165) is 0 Å². The minimum Gasteiger partial charge on any atom is -0.477 e. The van der Waals surface area contributed by atoms with Crippen LogP contribution < -0.4 is 15.8 Å². The second-order valence-corrected chi connectivity index (χ2v) is 24.5. The molecule has 0 amide bonds. The van der Waals surface area contributed by atoms with Crippen LogP contribution in [0.3, 0.4) is 0 Å². The van der Waals surface area contributed by atoms with Gasteiger partial charge in [-0.25, -0.2) is 14.5 Å². The number of pyridine rings is 2. The lowest BCUT2D eigenvalue weighted by Crippen LogP contribution is -2.61. The first kappa shape index (κ1) is 66.1. The third kappa shape index (κ3) is 15.6. The van der Waals surface area contributed by atoms with Crippen LogP contribution in [0.1, 0.15) is 111 Å². The number of methoxy groups -OCH3 is 1. The van der Waals surface area contributed by atoms with Crippen molar-refractivity contribution in [3.05, 3.63) is 34.2 Å². The predicted octanol–water partition coefficient (Wildman–Crippen LogP) is 2.59. The Morgan fingerprint density at radius 3 is 2.35 bits per heavy atom. The number of rotatable bonds is 16. The van der Waals surface area contributed by atoms with Gasteiger partial charge in [0.2, 0.25) is 5.43 Å². The van der Waals surface area contributed by atoms with Gasteiger partial charge in [-0.15, -0.1) is 11.8 Å². The number of likely N-dealkylation sites (N-methyl/N-ethyl adjacent to an activating group) is 2. The molecule has 3 fully saturated rings. The van der Waals surface area contributed by atoms with Gasteiger partial charge in [-0.05, 0) is 87.0 Å². The average molecular weight is 1170 g/mol. The SMILES string of the molecule is CC[C@H]1OC(=O)[C@H](C)[C@@H](O[C@H]2C[C@@](C)(OC)[C@@H](OC(=O)CCNCCSc3cnc4c(c3)c(=O)c(C(=O)O)cn4N(C)C)[C@H](C)O2)[C@H](C)[C@H]2O[C@@H]3O[C@H](CCN(CC)CCO/N=C(\[C@H](C)C[C@@]2(C)O)[C@@H](O)[C@]1(C)O)C[C@H](N(C)C)[C@H]3O. The highest BCUT2D eigenvalue weighted by Gasteiger charge is 2.55. The maximum atomic E-state index is 14.7. The van der Waals surface area contributed by atoms with Crippen LogP contribution in [0.25, 0.3) is 11.0 Å². The number of oxime groups is 1. The van der Waals surface area contributed by atoms with E-state index in [-0.39, 0.29) is 67.6 Å². The van der Waals surface area contributed by atoms with Crippen molar-refractivity contribution >= 4 is 46.4 Å². The molecule has 4 aliphatic heterocycles. The molecule has 6 rings (SSSR count). The molecular weight excluding hydrogens is 1070 g/mol. The smallest absolute Gasteiger partial charge is 0.341 e. The molecule has 0 spiro atoms. The number of ether oxygens (including phenoxy) is 7. The van der Waals surface area contributed by atoms with Gasteiger partial charge in [0.15, 0.2) is 24.3 Å². The monoisotopic (exact) mass is 1170 g/mol. The highest BCUT2D eigenvalue weighted by Crippen LogP contribution is 2.42. The molecule has 6 N–H and O–H groups in total. The van der Waals surface area contributed by atoms with E-state index in [1.54, 1.807) is 79.8 Å². The summed E-state index contributed by atoms with van der Waals surface area (Å²) in [4.78, 5) is 68.2. The van der Waals surface area contributed by atoms with Gasteiger partial charge in [0.1, 0.15) is 41.7 Å². The number of carbonyl (C=O) groups excluding carboxylic acids is 2. The number of thioether (sulfide) groups is 1. The van der Waals surface area contributed by atoms with E-state index < -0.39 is 113 Å². The summed E-state index contributed by atoms with van der Waals surface area (Å²) in [6.07, 6.45) is -7.00. The lowest BCUT2D eigenvalue weighted by molar-refractivity contribution is -0.319. The highest BCUT2D eigenvalue weighted by atomic mass is 32.2. The van der Waals surface area contributed by atoms with E-state index in [1.807, 2.05) is 25.9 Å². The molecule has 2 aromatic heterocycles. The number of esters is 2. The quantitative estimate of drug-likeness (QED) is 0.0800. The van der Waals surface area contributed by atoms with Crippen molar-refractivity contribution in [2.75, 3.05) is 85.4 Å². The molecule has 25 heteroatoms. The number of aromatic carboxylic acids is 1. The summed E-state index contributed by atoms with van der Waals surface area (Å²) in [6.45, 7) is 18.0. The number of carboxylic acids is 1. The number of fused-ring (bicyclic) bond motifs is 7. The Balaban J connectivity index is 1.22. The van der Waals surface area contributed by atoms with E-state index in [4.69, 9.17) is 38.0 Å². The second kappa shape index (κ2) is 28.2. The number of hydrogen-bond donors (Lipinski definition) is 6. The molecule has 81 heavy (non-hydrogen) atoms. The van der Waals surface area contributed by atoms with Gasteiger partial charge in [0, 0.05) is 94.7 Å². The summed E-state index contributed by atoms with van der Waals surface area (Å²) in [5.74, 6) is -4.92. The molecule has 0 unspecified atom stereocenters. The molecule has 17 atom stereocenters. The molecule has 6 heterocycles. The van der Waals surface area contributed by atoms with Crippen molar-refractivity contribution in [3.63, 3.8) is 0 Å². The normalized spacial score (nSPS) is 36.6. The Hall–Kier alpha value is -4.09. The van der Waals surface area contributed by atoms with Gasteiger partial charge < -0.3 is 83.7 Å². The molecule has 0 radical (unpaired) electrons. The Morgan fingerprint density at radius 1 is 0.988 bits per heavy atom. The molecule has 4 bridgehead atoms. The minimum atomic E-state index is -2.09. The van der Waals surface area contributed by atoms with Gasteiger partial charge >= 0.3 is 17.9 Å². The number of cyclic esters (lactones) is 1. The number of carboxylic acid groups (broad SMARTS) is 1. The third-order valence-corrected chi connectivity index (χ3v) is 17.6. The lowest BCUT2D eigenvalue weighted by atomic mass is 9.75. The van der Waals surface area contributed by atoms with Gasteiger partial charge in [0.25, 0.3) is 0 Å². The van der Waals surface area contributed by atoms with Crippen molar-refractivity contribution < 1.29 is 77.9 Å². The second-order valence-electron chi connectivity index (χ2n) is 23.3. The fraction of sp³-hybridized carbons (Fsp3) is 0.786. The number of aliphatic hydroxyl groups is 4. The first-order valence-electron chi connectivity index (χ1n) is 28.3. The third-order valence-electron chi connectivity index (χ3n) is 16.7. The number of nitrogens with one attached hydrogen (secondary N) is 1. The van der Waals surface area contributed by atoms with Gasteiger partial charge in [0.05, 0.1) is 53.5 Å². The van der Waals surface area contributed by atoms with Crippen LogP contribution >= 0.6 is 11.8 Å². The molecule has 458 valence electrons. The minimum absolute atomic E-state index is 0.00198. The fourth-order valence-electron chi connectivity index (χ4n) is 11.8. The molecule has 0 saturated carbocycles. The Kier molecular flexibility index (Phi) is 23.0. The summed E-state index contributed by atoms with van der Waals surface area (Å²) < 4.78 is 46.9. The Morgan fingerprint density at radius 2 is 1.70 bits per heavy atom. The summed E-state index contributed by atoms with van der Waals surface area (Å²) >= 11 is 1.41. The van der Waals surface area contributed by atoms with Crippen LogP contribution in [0.15, 0.2) is 33.3 Å². The number of aliphatic hydroxyl groups excluding tert-OH is 2. The van der Waals surface area contributed by atoms with Crippen molar-refractivity contribution in [1.82, 2.24) is 24.8 Å². The maximum Gasteiger partial charge on any atom is 0.341 e. The van der Waals surface area contributed by atoms with Gasteiger partial charge in [-0.1, -0.05) is 32.9 Å². The Bertz CT molecular complexity index is 2540. The van der Waals surface area contributed by atoms with Crippen LogP contribution in [-0.4, -0.2) is 233 Å². The average Bonchev–Trinajstić information content (AvgIpc) is 3.72. The number of aromatic nitrogens is 2. The van der Waals surface area contributed by atoms with E-state index in [9.17, 15) is 44.7 Å². The van der Waals surface area contributed by atoms with Crippen molar-refractivity contribution in [2.45, 2.75) is 190 Å². The summed E-state index contributed by atoms with van der Waals surface area (Å²) in [7, 11) is 8.68. The van der Waals surface area contributed by atoms with Gasteiger partial charge in [-0.3, -0.25) is 14.4 Å². The Labute approximate surface area is 480 Å². The molecule has 0 aromatic carbocycles. The van der Waals surface area contributed by atoms with Crippen LogP contribution in [0.5, 0.6) is 0 Å². The maximum absolute atomic E-state index is 14.7. The first-order chi connectivity index (χ1) is 38.1. The number of hydrogen-bond acceptors (Lipinski definition) is 23. The van der Waals surface area contributed by atoms with Crippen molar-refractivity contribution in [3.8, 4) is 0 Å². The lowest BCUT2D eigenvalue weighted by Gasteiger charge is -2.49. The zero-order valence-corrected chi connectivity index (χ0v) is 50.6. The fourth-order valence-corrected chi connectivity index (χ4v) is 12.6. The molecular formula is C56H91N7O17S. The van der Waals surface area contributed by atoms with Crippen molar-refractivity contribution in [1.29, 1.82) is 0 Å². The summed E-state index contributed by atoms with van der Waals surface area (Å²) in [6, 6.07) is 1.24. The first-order valence-corrected chi connectivity index (χ1v) is 29.3. The van der Waals surface area contributed by atoms with Crippen molar-refractivity contribution in [2.24, 2.45) is 22.9 Å². The topological polar surface area (TPSA) is 295 Å². The van der Waals surface area contributed by atoms with Crippen LogP contribution in [0.2, 0.25) is 0 Å². The van der Waals surface area contributed by atoms with E-state index in [0.29, 0.717) is 55.3 Å². The predicted molar refractivity (Wildman–Crippen MR) is 302 cm³/mol. The largest absolute Gasteiger partial charge is 0.477 e. The zero-order valence-electron chi connectivity index (χ0n) is 49.7. The van der Waals surface area contributed by atoms with E-state index >= 15 is 0 Å². The standard InChI is InChI=1S/C56H91N7O17S/c1-15-40-56(9,72)47(67)43-31(3)27-54(7,71)48(80-53-45(66)39(60(10)11)25-35(76-53)18-21-62(16-2)22-23-74-59-43)32(4)46(33(5)52(70)77-40)79-42-28-55(8,73-14)49(34(6)75-42)78-41(64)17-19-57-20-24-81-36-26-37-44(65)38(51(68)69)30-63(61(12)13)50(37)58-29-36/h26,29-35,39-40,42,45-49,53,57,66-67,71-72H,15-25,27-28H2,1-14H3,(H,68,69)/b59-43+/t31-,32+,33-,34+,35-,39+,40-,42+,45-,46+,47-,48-,49+,53+,54-,55-,56-/m1/s1.